The van der Waals surface area contributed by atoms with E-state index in [-0.39, 0.29) is 30.2 Å². The van der Waals surface area contributed by atoms with E-state index in [0.717, 1.165) is 10.4 Å². The van der Waals surface area contributed by atoms with Crippen molar-refractivity contribution < 1.29 is 14.0 Å². The number of thiophene rings is 1. The number of hydrogen-bond donors (Lipinski definition) is 1. The van der Waals surface area contributed by atoms with Crippen LogP contribution in [-0.4, -0.2) is 34.8 Å². The fourth-order valence-corrected chi connectivity index (χ4v) is 4.35. The molecule has 3 rings (SSSR count). The highest BCUT2D eigenvalue weighted by Crippen LogP contribution is 2.19. The standard InChI is InChI=1S/C26H30FN3O2S/c1-19(2)15-30(26(32)28-23-7-5-4-6-8-23)18-25(31)29(17-24-14-9-20(3)33-24)16-21-10-12-22(27)13-11-21/h4-14,19H,15-18H2,1-3H3,(H,28,32). The van der Waals surface area contributed by atoms with E-state index in [4.69, 9.17) is 0 Å². The van der Waals surface area contributed by atoms with Gasteiger partial charge < -0.3 is 15.1 Å². The van der Waals surface area contributed by atoms with Crippen LogP contribution in [0.25, 0.3) is 0 Å². The molecule has 0 saturated carbocycles. The topological polar surface area (TPSA) is 52.7 Å². The van der Waals surface area contributed by atoms with Gasteiger partial charge in [0.15, 0.2) is 0 Å². The Morgan fingerprint density at radius 2 is 1.64 bits per heavy atom. The summed E-state index contributed by atoms with van der Waals surface area (Å²) in [5.41, 5.74) is 1.52. The molecular weight excluding hydrogens is 437 g/mol. The molecule has 33 heavy (non-hydrogen) atoms. The van der Waals surface area contributed by atoms with E-state index in [0.29, 0.717) is 25.3 Å². The van der Waals surface area contributed by atoms with Gasteiger partial charge in [0.25, 0.3) is 0 Å². The first kappa shape index (κ1) is 24.5. The Labute approximate surface area is 198 Å². The van der Waals surface area contributed by atoms with Crippen LogP contribution in [0.4, 0.5) is 14.9 Å². The Bertz CT molecular complexity index is 1050. The summed E-state index contributed by atoms with van der Waals surface area (Å²) >= 11 is 1.64. The zero-order chi connectivity index (χ0) is 23.8. The van der Waals surface area contributed by atoms with Crippen LogP contribution in [0, 0.1) is 18.7 Å². The number of anilines is 1. The third kappa shape index (κ3) is 7.71. The first-order chi connectivity index (χ1) is 15.8. The van der Waals surface area contributed by atoms with Crippen LogP contribution in [0.2, 0.25) is 0 Å². The number of nitrogens with zero attached hydrogens (tertiary/aromatic N) is 2. The van der Waals surface area contributed by atoms with Gasteiger partial charge in [0.2, 0.25) is 5.91 Å². The molecular formula is C26H30FN3O2S. The molecule has 0 spiro atoms. The third-order valence-corrected chi connectivity index (χ3v) is 5.99. The first-order valence-corrected chi connectivity index (χ1v) is 11.8. The largest absolute Gasteiger partial charge is 0.332 e. The molecule has 1 N–H and O–H groups in total. The number of benzene rings is 2. The van der Waals surface area contributed by atoms with E-state index < -0.39 is 0 Å². The summed E-state index contributed by atoms with van der Waals surface area (Å²) < 4.78 is 13.4. The minimum Gasteiger partial charge on any atom is -0.332 e. The van der Waals surface area contributed by atoms with Crippen molar-refractivity contribution in [3.05, 3.63) is 87.9 Å². The lowest BCUT2D eigenvalue weighted by atomic mass is 10.2. The van der Waals surface area contributed by atoms with Gasteiger partial charge in [0.1, 0.15) is 12.4 Å². The normalized spacial score (nSPS) is 10.8. The van der Waals surface area contributed by atoms with E-state index in [9.17, 15) is 14.0 Å². The maximum absolute atomic E-state index is 13.4. The van der Waals surface area contributed by atoms with Gasteiger partial charge in [-0.2, -0.15) is 0 Å². The molecule has 0 saturated heterocycles. The summed E-state index contributed by atoms with van der Waals surface area (Å²) in [5, 5.41) is 2.88. The van der Waals surface area contributed by atoms with Crippen LogP contribution in [0.15, 0.2) is 66.7 Å². The van der Waals surface area contributed by atoms with Gasteiger partial charge in [-0.1, -0.05) is 44.2 Å². The lowest BCUT2D eigenvalue weighted by Gasteiger charge is -2.29. The summed E-state index contributed by atoms with van der Waals surface area (Å²) in [6.07, 6.45) is 0. The number of rotatable bonds is 9. The van der Waals surface area contributed by atoms with Crippen LogP contribution in [0.3, 0.4) is 0 Å². The molecule has 0 atom stereocenters. The number of aryl methyl sites for hydroxylation is 1. The second-order valence-electron chi connectivity index (χ2n) is 8.46. The van der Waals surface area contributed by atoms with Crippen LogP contribution in [0.1, 0.15) is 29.2 Å². The molecule has 0 unspecified atom stereocenters. The van der Waals surface area contributed by atoms with Crippen LogP contribution >= 0.6 is 11.3 Å². The monoisotopic (exact) mass is 467 g/mol. The van der Waals surface area contributed by atoms with E-state index >= 15 is 0 Å². The number of nitrogens with one attached hydrogen (secondary N) is 1. The van der Waals surface area contributed by atoms with E-state index in [1.807, 2.05) is 63.2 Å². The molecule has 0 radical (unpaired) electrons. The number of para-hydroxylation sites is 1. The Morgan fingerprint density at radius 1 is 0.939 bits per heavy atom. The van der Waals surface area contributed by atoms with Gasteiger partial charge in [-0.3, -0.25) is 4.79 Å². The fraction of sp³-hybridized carbons (Fsp3) is 0.308. The van der Waals surface area contributed by atoms with Crippen molar-refractivity contribution in [3.8, 4) is 0 Å². The number of urea groups is 1. The number of halogens is 1. The predicted octanol–water partition coefficient (Wildman–Crippen LogP) is 5.91. The number of amides is 3. The summed E-state index contributed by atoms with van der Waals surface area (Å²) in [4.78, 5) is 31.9. The van der Waals surface area contributed by atoms with Crippen molar-refractivity contribution in [1.82, 2.24) is 9.80 Å². The molecule has 1 heterocycles. The molecule has 3 aromatic rings. The van der Waals surface area contributed by atoms with Gasteiger partial charge in [0, 0.05) is 28.5 Å². The van der Waals surface area contributed by atoms with Gasteiger partial charge in [-0.25, -0.2) is 9.18 Å². The molecule has 174 valence electrons. The zero-order valence-electron chi connectivity index (χ0n) is 19.3. The Balaban J connectivity index is 1.77. The summed E-state index contributed by atoms with van der Waals surface area (Å²) in [7, 11) is 0. The van der Waals surface area contributed by atoms with Gasteiger partial charge in [0.05, 0.1) is 6.54 Å². The van der Waals surface area contributed by atoms with Gasteiger partial charge >= 0.3 is 6.03 Å². The maximum atomic E-state index is 13.4. The van der Waals surface area contributed by atoms with E-state index in [1.54, 1.807) is 33.3 Å². The third-order valence-electron chi connectivity index (χ3n) is 5.01. The van der Waals surface area contributed by atoms with Crippen molar-refractivity contribution in [2.75, 3.05) is 18.4 Å². The molecule has 0 aliphatic carbocycles. The summed E-state index contributed by atoms with van der Waals surface area (Å²) in [5.74, 6) is -0.273. The van der Waals surface area contributed by atoms with Crippen LogP contribution < -0.4 is 5.32 Å². The van der Waals surface area contributed by atoms with Crippen molar-refractivity contribution in [3.63, 3.8) is 0 Å². The Morgan fingerprint density at radius 3 is 2.24 bits per heavy atom. The predicted molar refractivity (Wildman–Crippen MR) is 132 cm³/mol. The molecule has 0 fully saturated rings. The summed E-state index contributed by atoms with van der Waals surface area (Å²) in [6.45, 7) is 7.24. The van der Waals surface area contributed by atoms with Crippen molar-refractivity contribution in [2.45, 2.75) is 33.9 Å². The highest BCUT2D eigenvalue weighted by molar-refractivity contribution is 7.11. The van der Waals surface area contributed by atoms with Crippen molar-refractivity contribution >= 4 is 29.0 Å². The fourth-order valence-electron chi connectivity index (χ4n) is 3.45. The number of hydrogen-bond acceptors (Lipinski definition) is 3. The molecule has 1 aromatic heterocycles. The number of carbonyl (C=O) groups excluding carboxylic acids is 2. The quantitative estimate of drug-likeness (QED) is 0.425. The highest BCUT2D eigenvalue weighted by Gasteiger charge is 2.23. The lowest BCUT2D eigenvalue weighted by Crippen LogP contribution is -2.45. The Kier molecular flexibility index (Phi) is 8.60. The molecule has 7 heteroatoms. The second-order valence-corrected chi connectivity index (χ2v) is 9.83. The molecule has 0 bridgehead atoms. The smallest absolute Gasteiger partial charge is 0.322 e. The average molecular weight is 468 g/mol. The van der Waals surface area contributed by atoms with Crippen molar-refractivity contribution in [2.24, 2.45) is 5.92 Å². The zero-order valence-corrected chi connectivity index (χ0v) is 20.1. The van der Waals surface area contributed by atoms with E-state index in [2.05, 4.69) is 5.32 Å². The van der Waals surface area contributed by atoms with E-state index in [1.165, 1.54) is 17.0 Å². The average Bonchev–Trinajstić information content (AvgIpc) is 3.19. The molecule has 5 nitrogen and oxygen atoms in total. The minimum atomic E-state index is -0.314. The Hall–Kier alpha value is -3.19. The van der Waals surface area contributed by atoms with Gasteiger partial charge in [-0.05, 0) is 54.8 Å². The molecule has 0 aliphatic rings. The first-order valence-electron chi connectivity index (χ1n) is 11.0. The van der Waals surface area contributed by atoms with Crippen LogP contribution in [0.5, 0.6) is 0 Å². The van der Waals surface area contributed by atoms with Crippen LogP contribution in [-0.2, 0) is 17.9 Å². The molecule has 0 aliphatic heterocycles. The minimum absolute atomic E-state index is 0.0393. The van der Waals surface area contributed by atoms with Gasteiger partial charge in [-0.15, -0.1) is 11.3 Å². The molecule has 3 amide bonds. The second kappa shape index (κ2) is 11.6. The highest BCUT2D eigenvalue weighted by atomic mass is 32.1. The lowest BCUT2D eigenvalue weighted by molar-refractivity contribution is -0.133. The molecule has 2 aromatic carbocycles. The SMILES string of the molecule is Cc1ccc(CN(Cc2ccc(F)cc2)C(=O)CN(CC(C)C)C(=O)Nc2ccccc2)s1. The summed E-state index contributed by atoms with van der Waals surface area (Å²) in [6, 6.07) is 19.1. The maximum Gasteiger partial charge on any atom is 0.322 e. The van der Waals surface area contributed by atoms with Crippen molar-refractivity contribution in [1.29, 1.82) is 0 Å². The number of carbonyl (C=O) groups is 2.